The largest absolute Gasteiger partial charge is 0.497 e. The fraction of sp³-hybridized carbons (Fsp3) is 0.478. The summed E-state index contributed by atoms with van der Waals surface area (Å²) < 4.78 is 5.10. The van der Waals surface area contributed by atoms with Gasteiger partial charge >= 0.3 is 0 Å². The Morgan fingerprint density at radius 1 is 1.25 bits per heavy atom. The average molecular weight is 460 g/mol. The van der Waals surface area contributed by atoms with E-state index < -0.39 is 6.04 Å². The first kappa shape index (κ1) is 23.8. The number of benzene rings is 1. The minimum absolute atomic E-state index is 0.0652. The molecule has 9 heteroatoms. The SMILES string of the molecule is COc1ccc(C(=O)N[C@@H](C)C(=O)N2CCC(CCc3c(N)nc(C)nc3Cl)CC2)cc1. The van der Waals surface area contributed by atoms with Crippen LogP contribution in [0.3, 0.4) is 0 Å². The van der Waals surface area contributed by atoms with E-state index in [2.05, 4.69) is 15.3 Å². The van der Waals surface area contributed by atoms with E-state index in [-0.39, 0.29) is 11.8 Å². The molecule has 0 saturated carbocycles. The van der Waals surface area contributed by atoms with Crippen LogP contribution < -0.4 is 15.8 Å². The molecule has 1 atom stereocenters. The Kier molecular flexibility index (Phi) is 7.90. The van der Waals surface area contributed by atoms with Gasteiger partial charge < -0.3 is 20.7 Å². The molecule has 0 bridgehead atoms. The van der Waals surface area contributed by atoms with Gasteiger partial charge in [0.05, 0.1) is 7.11 Å². The van der Waals surface area contributed by atoms with Crippen LogP contribution in [0.25, 0.3) is 0 Å². The molecule has 2 amide bonds. The number of hydrogen-bond donors (Lipinski definition) is 2. The van der Waals surface area contributed by atoms with Crippen LogP contribution in [0.2, 0.25) is 5.15 Å². The maximum atomic E-state index is 12.8. The summed E-state index contributed by atoms with van der Waals surface area (Å²) in [7, 11) is 1.57. The number of anilines is 1. The molecule has 8 nitrogen and oxygen atoms in total. The monoisotopic (exact) mass is 459 g/mol. The van der Waals surface area contributed by atoms with E-state index in [1.807, 2.05) is 4.90 Å². The lowest BCUT2D eigenvalue weighted by molar-refractivity contribution is -0.134. The molecule has 1 aliphatic rings. The van der Waals surface area contributed by atoms with Crippen LogP contribution in [-0.4, -0.2) is 52.9 Å². The minimum atomic E-state index is -0.593. The van der Waals surface area contributed by atoms with Gasteiger partial charge in [0.15, 0.2) is 0 Å². The van der Waals surface area contributed by atoms with Crippen molar-refractivity contribution in [2.45, 2.75) is 45.6 Å². The summed E-state index contributed by atoms with van der Waals surface area (Å²) in [6.07, 6.45) is 3.43. The van der Waals surface area contributed by atoms with Crippen molar-refractivity contribution in [2.75, 3.05) is 25.9 Å². The number of carbonyl (C=O) groups excluding carboxylic acids is 2. The summed E-state index contributed by atoms with van der Waals surface area (Å²) in [4.78, 5) is 35.5. The number of aryl methyl sites for hydroxylation is 1. The van der Waals surface area contributed by atoms with Crippen molar-refractivity contribution in [3.63, 3.8) is 0 Å². The molecule has 172 valence electrons. The molecular formula is C23H30ClN5O3. The van der Waals surface area contributed by atoms with Crippen LogP contribution in [0.4, 0.5) is 5.82 Å². The number of methoxy groups -OCH3 is 1. The van der Waals surface area contributed by atoms with E-state index in [9.17, 15) is 9.59 Å². The third-order valence-electron chi connectivity index (χ3n) is 5.90. The van der Waals surface area contributed by atoms with E-state index in [1.165, 1.54) is 0 Å². The van der Waals surface area contributed by atoms with Gasteiger partial charge in [-0.3, -0.25) is 9.59 Å². The third-order valence-corrected chi connectivity index (χ3v) is 6.21. The van der Waals surface area contributed by atoms with Crippen LogP contribution >= 0.6 is 11.6 Å². The lowest BCUT2D eigenvalue weighted by Crippen LogP contribution is -2.49. The fourth-order valence-corrected chi connectivity index (χ4v) is 4.28. The second-order valence-corrected chi connectivity index (χ2v) is 8.51. The number of carbonyl (C=O) groups is 2. The van der Waals surface area contributed by atoms with E-state index in [4.69, 9.17) is 22.1 Å². The van der Waals surface area contributed by atoms with Crippen LogP contribution in [0.5, 0.6) is 5.75 Å². The molecule has 1 aromatic heterocycles. The van der Waals surface area contributed by atoms with Crippen molar-refractivity contribution in [3.8, 4) is 5.75 Å². The van der Waals surface area contributed by atoms with Gasteiger partial charge in [-0.25, -0.2) is 9.97 Å². The van der Waals surface area contributed by atoms with Crippen molar-refractivity contribution in [1.29, 1.82) is 0 Å². The minimum Gasteiger partial charge on any atom is -0.497 e. The first-order valence-corrected chi connectivity index (χ1v) is 11.2. The standard InChI is InChI=1S/C23H30ClN5O3/c1-14(26-22(30)17-5-7-18(32-3)8-6-17)23(31)29-12-10-16(11-13-29)4-9-19-20(24)27-15(2)28-21(19)25/h5-8,14,16H,4,9-13H2,1-3H3,(H,26,30)(H2,25,27,28)/t14-/m0/s1. The van der Waals surface area contributed by atoms with Gasteiger partial charge in [0.1, 0.15) is 28.6 Å². The van der Waals surface area contributed by atoms with Crippen LogP contribution in [0, 0.1) is 12.8 Å². The van der Waals surface area contributed by atoms with E-state index in [0.717, 1.165) is 31.2 Å². The first-order valence-electron chi connectivity index (χ1n) is 10.8. The quantitative estimate of drug-likeness (QED) is 0.616. The second kappa shape index (κ2) is 10.6. The maximum absolute atomic E-state index is 12.8. The Morgan fingerprint density at radius 2 is 1.91 bits per heavy atom. The number of halogens is 1. The smallest absolute Gasteiger partial charge is 0.251 e. The Bertz CT molecular complexity index is 936. The Balaban J connectivity index is 1.46. The molecule has 0 spiro atoms. The Hall–Kier alpha value is -2.87. The fourth-order valence-electron chi connectivity index (χ4n) is 3.96. The van der Waals surface area contributed by atoms with Crippen molar-refractivity contribution in [2.24, 2.45) is 5.92 Å². The highest BCUT2D eigenvalue weighted by Crippen LogP contribution is 2.27. The lowest BCUT2D eigenvalue weighted by atomic mass is 9.90. The lowest BCUT2D eigenvalue weighted by Gasteiger charge is -2.33. The maximum Gasteiger partial charge on any atom is 0.251 e. The van der Waals surface area contributed by atoms with Gasteiger partial charge in [-0.2, -0.15) is 0 Å². The van der Waals surface area contributed by atoms with Gasteiger partial charge in [-0.15, -0.1) is 0 Å². The number of nitrogens with zero attached hydrogens (tertiary/aromatic N) is 3. The zero-order valence-corrected chi connectivity index (χ0v) is 19.5. The zero-order valence-electron chi connectivity index (χ0n) is 18.7. The molecule has 1 aromatic carbocycles. The summed E-state index contributed by atoms with van der Waals surface area (Å²) in [5, 5.41) is 3.21. The summed E-state index contributed by atoms with van der Waals surface area (Å²) >= 11 is 6.23. The number of amides is 2. The van der Waals surface area contributed by atoms with Gasteiger partial charge in [0, 0.05) is 24.2 Å². The van der Waals surface area contributed by atoms with E-state index in [1.54, 1.807) is 45.2 Å². The molecule has 1 fully saturated rings. The molecule has 0 radical (unpaired) electrons. The average Bonchev–Trinajstić information content (AvgIpc) is 2.78. The molecule has 0 unspecified atom stereocenters. The molecule has 32 heavy (non-hydrogen) atoms. The number of nitrogen functional groups attached to an aromatic ring is 1. The van der Waals surface area contributed by atoms with Crippen molar-refractivity contribution in [3.05, 3.63) is 46.4 Å². The Morgan fingerprint density at radius 3 is 2.50 bits per heavy atom. The van der Waals surface area contributed by atoms with Crippen LogP contribution in [0.1, 0.15) is 47.9 Å². The molecule has 0 aliphatic carbocycles. The number of likely N-dealkylation sites (tertiary alicyclic amines) is 1. The molecule has 2 heterocycles. The van der Waals surface area contributed by atoms with Crippen molar-refractivity contribution >= 4 is 29.2 Å². The van der Waals surface area contributed by atoms with Crippen LogP contribution in [-0.2, 0) is 11.2 Å². The van der Waals surface area contributed by atoms with Gasteiger partial charge in [0.25, 0.3) is 5.91 Å². The number of ether oxygens (including phenoxy) is 1. The molecule has 1 saturated heterocycles. The predicted octanol–water partition coefficient (Wildman–Crippen LogP) is 3.02. The van der Waals surface area contributed by atoms with Crippen LogP contribution in [0.15, 0.2) is 24.3 Å². The number of rotatable bonds is 7. The highest BCUT2D eigenvalue weighted by Gasteiger charge is 2.27. The van der Waals surface area contributed by atoms with Crippen molar-refractivity contribution in [1.82, 2.24) is 20.2 Å². The zero-order chi connectivity index (χ0) is 23.3. The number of nitrogens with two attached hydrogens (primary N) is 1. The summed E-state index contributed by atoms with van der Waals surface area (Å²) in [5.41, 5.74) is 7.28. The topological polar surface area (TPSA) is 110 Å². The summed E-state index contributed by atoms with van der Waals surface area (Å²) in [6, 6.07) is 6.19. The summed E-state index contributed by atoms with van der Waals surface area (Å²) in [5.74, 6) is 1.81. The van der Waals surface area contributed by atoms with Gasteiger partial charge in [-0.05, 0) is 69.7 Å². The van der Waals surface area contributed by atoms with Gasteiger partial charge in [-0.1, -0.05) is 11.6 Å². The third kappa shape index (κ3) is 5.88. The highest BCUT2D eigenvalue weighted by molar-refractivity contribution is 6.30. The number of nitrogens with one attached hydrogen (secondary N) is 1. The summed E-state index contributed by atoms with van der Waals surface area (Å²) in [6.45, 7) is 4.82. The molecule has 1 aliphatic heterocycles. The second-order valence-electron chi connectivity index (χ2n) is 8.16. The predicted molar refractivity (Wildman–Crippen MR) is 124 cm³/mol. The van der Waals surface area contributed by atoms with Gasteiger partial charge in [0.2, 0.25) is 5.91 Å². The highest BCUT2D eigenvalue weighted by atomic mass is 35.5. The molecule has 2 aromatic rings. The number of piperidine rings is 1. The Labute approximate surface area is 193 Å². The molecule has 3 N–H and O–H groups in total. The normalized spacial score (nSPS) is 15.3. The number of hydrogen-bond acceptors (Lipinski definition) is 6. The van der Waals surface area contributed by atoms with E-state index in [0.29, 0.717) is 47.1 Å². The van der Waals surface area contributed by atoms with Crippen molar-refractivity contribution < 1.29 is 14.3 Å². The first-order chi connectivity index (χ1) is 15.3. The molecule has 3 rings (SSSR count). The van der Waals surface area contributed by atoms with E-state index >= 15 is 0 Å². The molecular weight excluding hydrogens is 430 g/mol. The number of aromatic nitrogens is 2.